The summed E-state index contributed by atoms with van der Waals surface area (Å²) < 4.78 is 5.18. The van der Waals surface area contributed by atoms with Crippen LogP contribution in [-0.2, 0) is 6.42 Å². The number of hydrogen-bond donors (Lipinski definition) is 0. The van der Waals surface area contributed by atoms with Crippen molar-refractivity contribution in [2.45, 2.75) is 12.8 Å². The molecule has 2 nitrogen and oxygen atoms in total. The minimum Gasteiger partial charge on any atom is -0.497 e. The summed E-state index contributed by atoms with van der Waals surface area (Å²) in [7, 11) is 1.65. The fourth-order valence-electron chi connectivity index (χ4n) is 2.39. The van der Waals surface area contributed by atoms with Gasteiger partial charge in [-0.25, -0.2) is 0 Å². The third kappa shape index (κ3) is 1.23. The first-order valence-corrected chi connectivity index (χ1v) is 5.42. The van der Waals surface area contributed by atoms with Gasteiger partial charge >= 0.3 is 0 Å². The Hall–Kier alpha value is -1.83. The first kappa shape index (κ1) is 9.40. The van der Waals surface area contributed by atoms with E-state index in [0.717, 1.165) is 28.5 Å². The number of methoxy groups -OCH3 is 1. The highest BCUT2D eigenvalue weighted by molar-refractivity contribution is 6.11. The van der Waals surface area contributed by atoms with Crippen LogP contribution in [-0.4, -0.2) is 12.9 Å². The van der Waals surface area contributed by atoms with Crippen molar-refractivity contribution in [1.29, 1.82) is 0 Å². The first-order chi connectivity index (χ1) is 7.79. The van der Waals surface area contributed by atoms with Gasteiger partial charge in [0.2, 0.25) is 0 Å². The van der Waals surface area contributed by atoms with Crippen molar-refractivity contribution in [3.63, 3.8) is 0 Å². The quantitative estimate of drug-likeness (QED) is 0.726. The number of Topliss-reactive ketones (excluding diaryl/α,β-unsaturated/α-hetero) is 1. The van der Waals surface area contributed by atoms with Gasteiger partial charge < -0.3 is 4.74 Å². The Labute approximate surface area is 93.8 Å². The zero-order valence-corrected chi connectivity index (χ0v) is 9.12. The van der Waals surface area contributed by atoms with E-state index in [1.54, 1.807) is 7.11 Å². The average Bonchev–Trinajstić information content (AvgIpc) is 2.70. The maximum atomic E-state index is 11.8. The zero-order valence-electron chi connectivity index (χ0n) is 9.12. The molecule has 0 fully saturated rings. The molecule has 0 saturated heterocycles. The Kier molecular flexibility index (Phi) is 1.96. The van der Waals surface area contributed by atoms with Crippen LogP contribution in [0.5, 0.6) is 5.75 Å². The van der Waals surface area contributed by atoms with E-state index in [4.69, 9.17) is 4.74 Å². The standard InChI is InChI=1S/C14H12O2/c1-16-11-5-6-12-10(8-11)3-2-9-4-7-13(15)14(9)12/h2-3,5-6,8H,4,7H2,1H3. The molecule has 0 aliphatic heterocycles. The second-order valence-corrected chi connectivity index (χ2v) is 4.11. The molecule has 0 amide bonds. The molecule has 0 aromatic heterocycles. The predicted octanol–water partition coefficient (Wildman–Crippen LogP) is 2.98. The molecule has 0 radical (unpaired) electrons. The lowest BCUT2D eigenvalue weighted by Gasteiger charge is -2.06. The van der Waals surface area contributed by atoms with Gasteiger partial charge in [-0.15, -0.1) is 0 Å². The van der Waals surface area contributed by atoms with Gasteiger partial charge in [0, 0.05) is 12.0 Å². The van der Waals surface area contributed by atoms with Gasteiger partial charge in [-0.05, 0) is 41.0 Å². The van der Waals surface area contributed by atoms with E-state index in [0.29, 0.717) is 6.42 Å². The van der Waals surface area contributed by atoms with Crippen molar-refractivity contribution in [3.05, 3.63) is 41.5 Å². The number of benzene rings is 2. The normalized spacial score (nSPS) is 14.2. The molecule has 0 unspecified atom stereocenters. The lowest BCUT2D eigenvalue weighted by atomic mass is 10.0. The van der Waals surface area contributed by atoms with Gasteiger partial charge in [0.25, 0.3) is 0 Å². The molecule has 0 heterocycles. The van der Waals surface area contributed by atoms with Gasteiger partial charge in [0.1, 0.15) is 5.75 Å². The van der Waals surface area contributed by atoms with Crippen molar-refractivity contribution < 1.29 is 9.53 Å². The molecular weight excluding hydrogens is 200 g/mol. The number of carbonyl (C=O) groups is 1. The Morgan fingerprint density at radius 1 is 1.12 bits per heavy atom. The first-order valence-electron chi connectivity index (χ1n) is 5.42. The summed E-state index contributed by atoms with van der Waals surface area (Å²) >= 11 is 0. The minimum absolute atomic E-state index is 0.269. The largest absolute Gasteiger partial charge is 0.497 e. The van der Waals surface area contributed by atoms with Crippen LogP contribution >= 0.6 is 0 Å². The van der Waals surface area contributed by atoms with Crippen LogP contribution in [0, 0.1) is 0 Å². The molecule has 80 valence electrons. The Balaban J connectivity index is 2.33. The molecule has 0 N–H and O–H groups in total. The molecule has 1 aliphatic rings. The molecule has 2 aromatic carbocycles. The van der Waals surface area contributed by atoms with Crippen molar-refractivity contribution >= 4 is 16.6 Å². The SMILES string of the molecule is COc1ccc2c3c(ccc2c1)CCC3=O. The second-order valence-electron chi connectivity index (χ2n) is 4.11. The molecule has 2 aromatic rings. The number of carbonyl (C=O) groups excluding carboxylic acids is 1. The van der Waals surface area contributed by atoms with E-state index >= 15 is 0 Å². The van der Waals surface area contributed by atoms with Gasteiger partial charge in [-0.1, -0.05) is 12.1 Å². The van der Waals surface area contributed by atoms with Gasteiger partial charge in [-0.2, -0.15) is 0 Å². The highest BCUT2D eigenvalue weighted by Gasteiger charge is 2.21. The third-order valence-corrected chi connectivity index (χ3v) is 3.21. The highest BCUT2D eigenvalue weighted by Crippen LogP contribution is 2.31. The van der Waals surface area contributed by atoms with Crippen LogP contribution in [0.3, 0.4) is 0 Å². The van der Waals surface area contributed by atoms with Crippen LogP contribution < -0.4 is 4.74 Å². The summed E-state index contributed by atoms with van der Waals surface area (Å²) in [6.07, 6.45) is 1.54. The molecule has 0 atom stereocenters. The Morgan fingerprint density at radius 3 is 2.81 bits per heavy atom. The monoisotopic (exact) mass is 212 g/mol. The summed E-state index contributed by atoms with van der Waals surface area (Å²) in [6.45, 7) is 0. The highest BCUT2D eigenvalue weighted by atomic mass is 16.5. The molecule has 2 heteroatoms. The third-order valence-electron chi connectivity index (χ3n) is 3.21. The van der Waals surface area contributed by atoms with E-state index in [2.05, 4.69) is 12.1 Å². The van der Waals surface area contributed by atoms with Crippen LogP contribution in [0.4, 0.5) is 0 Å². The van der Waals surface area contributed by atoms with Crippen molar-refractivity contribution in [3.8, 4) is 5.75 Å². The second kappa shape index (κ2) is 3.34. The maximum Gasteiger partial charge on any atom is 0.164 e. The van der Waals surface area contributed by atoms with Gasteiger partial charge in [-0.3, -0.25) is 4.79 Å². The molecule has 0 saturated carbocycles. The van der Waals surface area contributed by atoms with E-state index in [-0.39, 0.29) is 5.78 Å². The average molecular weight is 212 g/mol. The van der Waals surface area contributed by atoms with E-state index < -0.39 is 0 Å². The molecule has 16 heavy (non-hydrogen) atoms. The molecule has 0 spiro atoms. The van der Waals surface area contributed by atoms with Crippen LogP contribution in [0.2, 0.25) is 0 Å². The number of ether oxygens (including phenoxy) is 1. The van der Waals surface area contributed by atoms with E-state index in [1.165, 1.54) is 5.56 Å². The Morgan fingerprint density at radius 2 is 2.00 bits per heavy atom. The summed E-state index contributed by atoms with van der Waals surface area (Å²) in [5.74, 6) is 1.10. The number of fused-ring (bicyclic) bond motifs is 3. The lowest BCUT2D eigenvalue weighted by molar-refractivity contribution is 0.0996. The van der Waals surface area contributed by atoms with Crippen molar-refractivity contribution in [2.75, 3.05) is 7.11 Å². The molecule has 3 rings (SSSR count). The predicted molar refractivity (Wildman–Crippen MR) is 63.2 cm³/mol. The summed E-state index contributed by atoms with van der Waals surface area (Å²) in [5.41, 5.74) is 2.10. The van der Waals surface area contributed by atoms with Crippen LogP contribution in [0.1, 0.15) is 22.3 Å². The fourth-order valence-corrected chi connectivity index (χ4v) is 2.39. The fraction of sp³-hybridized carbons (Fsp3) is 0.214. The van der Waals surface area contributed by atoms with Crippen molar-refractivity contribution in [2.24, 2.45) is 0 Å². The van der Waals surface area contributed by atoms with Crippen molar-refractivity contribution in [1.82, 2.24) is 0 Å². The Bertz CT molecular complexity index is 585. The number of hydrogen-bond acceptors (Lipinski definition) is 2. The van der Waals surface area contributed by atoms with E-state index in [9.17, 15) is 4.79 Å². The van der Waals surface area contributed by atoms with Crippen LogP contribution in [0.15, 0.2) is 30.3 Å². The van der Waals surface area contributed by atoms with Gasteiger partial charge in [0.15, 0.2) is 5.78 Å². The summed E-state index contributed by atoms with van der Waals surface area (Å²) in [5, 5.41) is 2.13. The maximum absolute atomic E-state index is 11.8. The summed E-state index contributed by atoms with van der Waals surface area (Å²) in [6, 6.07) is 9.99. The molecule has 0 bridgehead atoms. The topological polar surface area (TPSA) is 26.3 Å². The molecule has 1 aliphatic carbocycles. The smallest absolute Gasteiger partial charge is 0.164 e. The van der Waals surface area contributed by atoms with Crippen LogP contribution in [0.25, 0.3) is 10.8 Å². The lowest BCUT2D eigenvalue weighted by Crippen LogP contribution is -1.93. The number of rotatable bonds is 1. The minimum atomic E-state index is 0.269. The number of ketones is 1. The number of aryl methyl sites for hydroxylation is 1. The summed E-state index contributed by atoms with van der Waals surface area (Å²) in [4.78, 5) is 11.8. The van der Waals surface area contributed by atoms with Gasteiger partial charge in [0.05, 0.1) is 7.11 Å². The molecular formula is C14H12O2. The zero-order chi connectivity index (χ0) is 11.1. The van der Waals surface area contributed by atoms with E-state index in [1.807, 2.05) is 18.2 Å².